The van der Waals surface area contributed by atoms with Crippen LogP contribution in [0.3, 0.4) is 0 Å². The van der Waals surface area contributed by atoms with Crippen molar-refractivity contribution in [2.45, 2.75) is 44.7 Å². The first kappa shape index (κ1) is 16.8. The number of aliphatic hydroxyl groups excluding tert-OH is 2. The van der Waals surface area contributed by atoms with Crippen molar-refractivity contribution in [3.05, 3.63) is 32.6 Å². The van der Waals surface area contributed by atoms with Gasteiger partial charge in [0.1, 0.15) is 18.3 Å². The maximum absolute atomic E-state index is 12.0. The molecular formula is C13H20N2O7. The third-order valence-corrected chi connectivity index (χ3v) is 3.59. The van der Waals surface area contributed by atoms with E-state index in [4.69, 9.17) is 14.2 Å². The number of methoxy groups -OCH3 is 1. The van der Waals surface area contributed by atoms with E-state index >= 15 is 0 Å². The first-order chi connectivity index (χ1) is 10.4. The van der Waals surface area contributed by atoms with Gasteiger partial charge in [0.2, 0.25) is 0 Å². The average molecular weight is 316 g/mol. The number of nitrogens with one attached hydrogen (secondary N) is 1. The summed E-state index contributed by atoms with van der Waals surface area (Å²) in [7, 11) is 1.43. The van der Waals surface area contributed by atoms with Crippen molar-refractivity contribution in [1.29, 1.82) is 0 Å². The quantitative estimate of drug-likeness (QED) is 0.563. The molecular weight excluding hydrogens is 296 g/mol. The van der Waals surface area contributed by atoms with E-state index in [-0.39, 0.29) is 0 Å². The highest BCUT2D eigenvalue weighted by Gasteiger charge is 2.46. The summed E-state index contributed by atoms with van der Waals surface area (Å²) in [5, 5.41) is 19.4. The fourth-order valence-electron chi connectivity index (χ4n) is 2.29. The van der Waals surface area contributed by atoms with E-state index in [0.29, 0.717) is 5.56 Å². The monoisotopic (exact) mass is 316 g/mol. The molecule has 0 aliphatic carbocycles. The Morgan fingerprint density at radius 1 is 1.50 bits per heavy atom. The third kappa shape index (κ3) is 3.13. The van der Waals surface area contributed by atoms with Gasteiger partial charge in [-0.1, -0.05) is 0 Å². The molecule has 124 valence electrons. The lowest BCUT2D eigenvalue weighted by atomic mass is 10.1. The molecule has 2 heterocycles. The fraction of sp³-hybridized carbons (Fsp3) is 0.692. The number of ether oxygens (including phenoxy) is 3. The second kappa shape index (κ2) is 6.71. The van der Waals surface area contributed by atoms with Crippen molar-refractivity contribution >= 4 is 0 Å². The molecule has 9 heteroatoms. The maximum Gasteiger partial charge on any atom is 0.330 e. The highest BCUT2D eigenvalue weighted by Crippen LogP contribution is 2.31. The van der Waals surface area contributed by atoms with Crippen LogP contribution in [0.1, 0.15) is 18.7 Å². The van der Waals surface area contributed by atoms with Crippen molar-refractivity contribution in [2.24, 2.45) is 0 Å². The van der Waals surface area contributed by atoms with Crippen LogP contribution in [0.4, 0.5) is 0 Å². The van der Waals surface area contributed by atoms with Gasteiger partial charge in [0, 0.05) is 18.9 Å². The molecule has 1 aromatic heterocycles. The largest absolute Gasteiger partial charge is 0.394 e. The fourth-order valence-corrected chi connectivity index (χ4v) is 2.29. The van der Waals surface area contributed by atoms with Crippen molar-refractivity contribution in [3.8, 4) is 0 Å². The minimum atomic E-state index is -1.15. The first-order valence-electron chi connectivity index (χ1n) is 6.83. The van der Waals surface area contributed by atoms with Crippen LogP contribution < -0.4 is 11.2 Å². The standard InChI is InChI=1S/C13H20N2O7/c1-6-4-15(13(19)14-11(6)18)12-10(21-7(2)20-3)9(17)8(5-16)22-12/h4,7-10,12,16-17H,5H2,1-3H3,(H,14,18,19)/t7?,8-,9-,10?,12-/m1/s1. The van der Waals surface area contributed by atoms with E-state index in [9.17, 15) is 19.8 Å². The number of aryl methyl sites for hydroxylation is 1. The Morgan fingerprint density at radius 3 is 2.77 bits per heavy atom. The van der Waals surface area contributed by atoms with Gasteiger partial charge in [-0.05, 0) is 13.8 Å². The van der Waals surface area contributed by atoms with E-state index < -0.39 is 48.7 Å². The minimum absolute atomic E-state index is 0.309. The zero-order valence-corrected chi connectivity index (χ0v) is 12.6. The molecule has 1 saturated heterocycles. The summed E-state index contributed by atoms with van der Waals surface area (Å²) in [5.74, 6) is 0. The van der Waals surface area contributed by atoms with Crippen LogP contribution in [0.15, 0.2) is 15.8 Å². The molecule has 1 aromatic rings. The van der Waals surface area contributed by atoms with E-state index in [0.717, 1.165) is 4.57 Å². The van der Waals surface area contributed by atoms with E-state index in [2.05, 4.69) is 4.98 Å². The van der Waals surface area contributed by atoms with Crippen LogP contribution in [0.2, 0.25) is 0 Å². The highest BCUT2D eigenvalue weighted by atomic mass is 16.7. The Kier molecular flexibility index (Phi) is 5.14. The Bertz CT molecular complexity index is 626. The van der Waals surface area contributed by atoms with Crippen molar-refractivity contribution in [1.82, 2.24) is 9.55 Å². The molecule has 0 radical (unpaired) electrons. The van der Waals surface area contributed by atoms with Crippen molar-refractivity contribution in [3.63, 3.8) is 0 Å². The number of hydrogen-bond acceptors (Lipinski definition) is 7. The highest BCUT2D eigenvalue weighted by molar-refractivity contribution is 5.03. The number of H-pyrrole nitrogens is 1. The number of rotatable bonds is 5. The minimum Gasteiger partial charge on any atom is -0.394 e. The Morgan fingerprint density at radius 2 is 2.18 bits per heavy atom. The lowest BCUT2D eigenvalue weighted by Gasteiger charge is -2.25. The zero-order chi connectivity index (χ0) is 16.4. The zero-order valence-electron chi connectivity index (χ0n) is 12.6. The van der Waals surface area contributed by atoms with Gasteiger partial charge in [-0.2, -0.15) is 0 Å². The second-order valence-corrected chi connectivity index (χ2v) is 5.12. The van der Waals surface area contributed by atoms with Crippen molar-refractivity contribution < 1.29 is 24.4 Å². The summed E-state index contributed by atoms with van der Waals surface area (Å²) < 4.78 is 17.2. The lowest BCUT2D eigenvalue weighted by molar-refractivity contribution is -0.182. The molecule has 2 rings (SSSR count). The number of aromatic amines is 1. The number of aromatic nitrogens is 2. The third-order valence-electron chi connectivity index (χ3n) is 3.59. The normalized spacial score (nSPS) is 29.7. The van der Waals surface area contributed by atoms with E-state index in [1.807, 2.05) is 0 Å². The Balaban J connectivity index is 2.40. The van der Waals surface area contributed by atoms with Gasteiger partial charge in [-0.3, -0.25) is 14.3 Å². The molecule has 1 aliphatic rings. The lowest BCUT2D eigenvalue weighted by Crippen LogP contribution is -2.41. The van der Waals surface area contributed by atoms with Crippen LogP contribution in [-0.2, 0) is 14.2 Å². The molecule has 1 aliphatic heterocycles. The van der Waals surface area contributed by atoms with Gasteiger partial charge in [0.25, 0.3) is 5.56 Å². The van der Waals surface area contributed by atoms with Crippen LogP contribution >= 0.6 is 0 Å². The van der Waals surface area contributed by atoms with E-state index in [1.54, 1.807) is 6.92 Å². The number of nitrogens with zero attached hydrogens (tertiary/aromatic N) is 1. The summed E-state index contributed by atoms with van der Waals surface area (Å²) in [6, 6.07) is 0. The van der Waals surface area contributed by atoms with Gasteiger partial charge in [0.05, 0.1) is 6.61 Å². The van der Waals surface area contributed by atoms with Crippen LogP contribution in [0.5, 0.6) is 0 Å². The average Bonchev–Trinajstić information content (AvgIpc) is 2.79. The van der Waals surface area contributed by atoms with Crippen LogP contribution in [0.25, 0.3) is 0 Å². The van der Waals surface area contributed by atoms with Crippen LogP contribution in [-0.4, -0.2) is 58.1 Å². The van der Waals surface area contributed by atoms with Gasteiger partial charge in [0.15, 0.2) is 12.5 Å². The second-order valence-electron chi connectivity index (χ2n) is 5.12. The molecule has 9 nitrogen and oxygen atoms in total. The maximum atomic E-state index is 12.0. The molecule has 0 aromatic carbocycles. The molecule has 5 atom stereocenters. The Hall–Kier alpha value is -1.52. The molecule has 0 saturated carbocycles. The van der Waals surface area contributed by atoms with E-state index in [1.165, 1.54) is 20.2 Å². The first-order valence-corrected chi connectivity index (χ1v) is 6.83. The summed E-state index contributed by atoms with van der Waals surface area (Å²) in [5.41, 5.74) is -0.880. The molecule has 0 bridgehead atoms. The predicted octanol–water partition coefficient (Wildman–Crippen LogP) is -1.53. The predicted molar refractivity (Wildman–Crippen MR) is 74.4 cm³/mol. The van der Waals surface area contributed by atoms with Gasteiger partial charge < -0.3 is 24.4 Å². The Labute approximate surface area is 126 Å². The summed E-state index contributed by atoms with van der Waals surface area (Å²) in [4.78, 5) is 25.6. The molecule has 1 fully saturated rings. The topological polar surface area (TPSA) is 123 Å². The van der Waals surface area contributed by atoms with Gasteiger partial charge >= 0.3 is 5.69 Å². The van der Waals surface area contributed by atoms with Crippen molar-refractivity contribution in [2.75, 3.05) is 13.7 Å². The number of aliphatic hydroxyl groups is 2. The molecule has 3 N–H and O–H groups in total. The summed E-state index contributed by atoms with van der Waals surface area (Å²) in [6.07, 6.45) is -3.30. The smallest absolute Gasteiger partial charge is 0.330 e. The summed E-state index contributed by atoms with van der Waals surface area (Å²) >= 11 is 0. The molecule has 0 amide bonds. The summed E-state index contributed by atoms with van der Waals surface area (Å²) in [6.45, 7) is 2.73. The molecule has 2 unspecified atom stereocenters. The molecule has 22 heavy (non-hydrogen) atoms. The van der Waals surface area contributed by atoms with Gasteiger partial charge in [-0.15, -0.1) is 0 Å². The number of hydrogen-bond donors (Lipinski definition) is 3. The SMILES string of the molecule is COC(C)OC1[C@H](n2cc(C)c(=O)[nH]c2=O)O[C@H](CO)[C@H]1O. The van der Waals surface area contributed by atoms with Gasteiger partial charge in [-0.25, -0.2) is 4.79 Å². The molecule has 0 spiro atoms. The van der Waals surface area contributed by atoms with Crippen LogP contribution in [0, 0.1) is 6.92 Å².